The summed E-state index contributed by atoms with van der Waals surface area (Å²) in [5.74, 6) is 0. The summed E-state index contributed by atoms with van der Waals surface area (Å²) in [5.41, 5.74) is 9.31. The zero-order valence-electron chi connectivity index (χ0n) is 8.37. The summed E-state index contributed by atoms with van der Waals surface area (Å²) in [7, 11) is 0. The van der Waals surface area contributed by atoms with Crippen molar-refractivity contribution < 1.29 is 0 Å². The second-order valence-corrected chi connectivity index (χ2v) is 3.86. The van der Waals surface area contributed by atoms with Crippen molar-refractivity contribution in [2.45, 2.75) is 6.92 Å². The van der Waals surface area contributed by atoms with Crippen molar-refractivity contribution in [2.24, 2.45) is 0 Å². The highest BCUT2D eigenvalue weighted by Crippen LogP contribution is 2.25. The van der Waals surface area contributed by atoms with E-state index in [9.17, 15) is 0 Å². The van der Waals surface area contributed by atoms with E-state index in [1.54, 1.807) is 12.3 Å². The minimum Gasteiger partial charge on any atom is -0.398 e. The number of anilines is 1. The number of nitrogen functional groups attached to an aromatic ring is 1. The molecule has 2 rings (SSSR count). The summed E-state index contributed by atoms with van der Waals surface area (Å²) in [6, 6.07) is 9.52. The predicted molar refractivity (Wildman–Crippen MR) is 63.8 cm³/mol. The number of halogens is 1. The van der Waals surface area contributed by atoms with Crippen LogP contribution in [-0.4, -0.2) is 4.98 Å². The van der Waals surface area contributed by atoms with Crippen LogP contribution in [0.3, 0.4) is 0 Å². The van der Waals surface area contributed by atoms with E-state index in [1.807, 2.05) is 31.2 Å². The molecule has 76 valence electrons. The highest BCUT2D eigenvalue weighted by atomic mass is 35.5. The lowest BCUT2D eigenvalue weighted by molar-refractivity contribution is 1.29. The van der Waals surface area contributed by atoms with Gasteiger partial charge in [-0.2, -0.15) is 0 Å². The second-order valence-electron chi connectivity index (χ2n) is 3.45. The first-order valence-electron chi connectivity index (χ1n) is 4.65. The van der Waals surface area contributed by atoms with Crippen molar-refractivity contribution >= 4 is 17.3 Å². The van der Waals surface area contributed by atoms with Gasteiger partial charge in [0.2, 0.25) is 0 Å². The average Bonchev–Trinajstić information content (AvgIpc) is 2.22. The van der Waals surface area contributed by atoms with Gasteiger partial charge in [-0.15, -0.1) is 0 Å². The number of aryl methyl sites for hydroxylation is 1. The Kier molecular flexibility index (Phi) is 2.60. The van der Waals surface area contributed by atoms with Crippen molar-refractivity contribution in [3.63, 3.8) is 0 Å². The molecule has 0 fully saturated rings. The third-order valence-corrected chi connectivity index (χ3v) is 2.54. The van der Waals surface area contributed by atoms with Gasteiger partial charge >= 0.3 is 0 Å². The normalized spacial score (nSPS) is 10.3. The van der Waals surface area contributed by atoms with Gasteiger partial charge in [0.1, 0.15) is 0 Å². The Balaban J connectivity index is 2.50. The van der Waals surface area contributed by atoms with Gasteiger partial charge in [0.15, 0.2) is 0 Å². The number of nitrogens with zero attached hydrogens (tertiary/aromatic N) is 1. The standard InChI is InChI=1S/C12H11ClN2/c1-8-4-5-15-12(6-8)9-2-3-11(14)10(13)7-9/h2-7H,14H2,1H3. The van der Waals surface area contributed by atoms with Crippen molar-refractivity contribution in [1.29, 1.82) is 0 Å². The highest BCUT2D eigenvalue weighted by Gasteiger charge is 2.02. The van der Waals surface area contributed by atoms with Crippen LogP contribution in [0.5, 0.6) is 0 Å². The maximum Gasteiger partial charge on any atom is 0.0705 e. The lowest BCUT2D eigenvalue weighted by Crippen LogP contribution is -1.88. The van der Waals surface area contributed by atoms with Gasteiger partial charge < -0.3 is 5.73 Å². The molecule has 0 spiro atoms. The molecule has 0 amide bonds. The van der Waals surface area contributed by atoms with Crippen molar-refractivity contribution in [2.75, 3.05) is 5.73 Å². The van der Waals surface area contributed by atoms with Gasteiger partial charge in [0, 0.05) is 11.8 Å². The van der Waals surface area contributed by atoms with Crippen LogP contribution in [0.25, 0.3) is 11.3 Å². The molecule has 2 aromatic rings. The fraction of sp³-hybridized carbons (Fsp3) is 0.0833. The number of hydrogen-bond donors (Lipinski definition) is 1. The Bertz CT molecular complexity index is 495. The lowest BCUT2D eigenvalue weighted by Gasteiger charge is -2.04. The van der Waals surface area contributed by atoms with E-state index in [4.69, 9.17) is 17.3 Å². The Morgan fingerprint density at radius 1 is 1.20 bits per heavy atom. The summed E-state index contributed by atoms with van der Waals surface area (Å²) in [6.45, 7) is 2.03. The quantitative estimate of drug-likeness (QED) is 0.746. The molecule has 2 N–H and O–H groups in total. The molecule has 0 aliphatic heterocycles. The Morgan fingerprint density at radius 3 is 2.67 bits per heavy atom. The third kappa shape index (κ3) is 2.10. The molecule has 1 heterocycles. The van der Waals surface area contributed by atoms with Crippen molar-refractivity contribution in [3.8, 4) is 11.3 Å². The van der Waals surface area contributed by atoms with Crippen LogP contribution in [0, 0.1) is 6.92 Å². The molecule has 0 bridgehead atoms. The molecule has 3 heteroatoms. The molecule has 0 atom stereocenters. The zero-order valence-corrected chi connectivity index (χ0v) is 9.12. The van der Waals surface area contributed by atoms with Crippen LogP contribution < -0.4 is 5.73 Å². The second kappa shape index (κ2) is 3.91. The van der Waals surface area contributed by atoms with Crippen molar-refractivity contribution in [1.82, 2.24) is 4.98 Å². The van der Waals surface area contributed by atoms with Crippen LogP contribution in [0.1, 0.15) is 5.56 Å². The molecular formula is C12H11ClN2. The van der Waals surface area contributed by atoms with Gasteiger partial charge in [0.25, 0.3) is 0 Å². The molecular weight excluding hydrogens is 208 g/mol. The van der Waals surface area contributed by atoms with Gasteiger partial charge in [-0.25, -0.2) is 0 Å². The number of benzene rings is 1. The molecule has 0 aliphatic rings. The average molecular weight is 219 g/mol. The summed E-state index contributed by atoms with van der Waals surface area (Å²) in [6.07, 6.45) is 1.79. The Hall–Kier alpha value is -1.54. The van der Waals surface area contributed by atoms with E-state index in [-0.39, 0.29) is 0 Å². The van der Waals surface area contributed by atoms with Crippen molar-refractivity contribution in [3.05, 3.63) is 47.1 Å². The highest BCUT2D eigenvalue weighted by molar-refractivity contribution is 6.33. The van der Waals surface area contributed by atoms with E-state index in [2.05, 4.69) is 4.98 Å². The third-order valence-electron chi connectivity index (χ3n) is 2.21. The molecule has 0 saturated carbocycles. The van der Waals surface area contributed by atoms with Crippen LogP contribution in [-0.2, 0) is 0 Å². The minimum absolute atomic E-state index is 0.566. The van der Waals surface area contributed by atoms with Gasteiger partial charge in [-0.3, -0.25) is 4.98 Å². The van der Waals surface area contributed by atoms with E-state index in [0.717, 1.165) is 11.3 Å². The van der Waals surface area contributed by atoms with E-state index >= 15 is 0 Å². The topological polar surface area (TPSA) is 38.9 Å². The first-order valence-corrected chi connectivity index (χ1v) is 5.02. The molecule has 0 saturated heterocycles. The minimum atomic E-state index is 0.566. The fourth-order valence-corrected chi connectivity index (χ4v) is 1.56. The van der Waals surface area contributed by atoms with Gasteiger partial charge in [-0.1, -0.05) is 17.7 Å². The Labute approximate surface area is 93.7 Å². The fourth-order valence-electron chi connectivity index (χ4n) is 1.38. The molecule has 1 aromatic heterocycles. The largest absolute Gasteiger partial charge is 0.398 e. The van der Waals surface area contributed by atoms with E-state index < -0.39 is 0 Å². The predicted octanol–water partition coefficient (Wildman–Crippen LogP) is 3.29. The maximum atomic E-state index is 5.95. The maximum absolute atomic E-state index is 5.95. The molecule has 2 nitrogen and oxygen atoms in total. The number of rotatable bonds is 1. The SMILES string of the molecule is Cc1ccnc(-c2ccc(N)c(Cl)c2)c1. The molecule has 0 radical (unpaired) electrons. The van der Waals surface area contributed by atoms with Crippen LogP contribution in [0.4, 0.5) is 5.69 Å². The first kappa shape index (κ1) is 9.99. The molecule has 15 heavy (non-hydrogen) atoms. The van der Waals surface area contributed by atoms with Crippen LogP contribution in [0.15, 0.2) is 36.5 Å². The van der Waals surface area contributed by atoms with E-state index in [1.165, 1.54) is 5.56 Å². The van der Waals surface area contributed by atoms with Crippen LogP contribution in [0.2, 0.25) is 5.02 Å². The van der Waals surface area contributed by atoms with Gasteiger partial charge in [-0.05, 0) is 36.8 Å². The summed E-state index contributed by atoms with van der Waals surface area (Å²) < 4.78 is 0. The van der Waals surface area contributed by atoms with Crippen LogP contribution >= 0.6 is 11.6 Å². The zero-order chi connectivity index (χ0) is 10.8. The Morgan fingerprint density at radius 2 is 2.00 bits per heavy atom. The molecule has 0 unspecified atom stereocenters. The molecule has 0 aliphatic carbocycles. The number of hydrogen-bond acceptors (Lipinski definition) is 2. The number of aromatic nitrogens is 1. The number of nitrogens with two attached hydrogens (primary N) is 1. The smallest absolute Gasteiger partial charge is 0.0705 e. The van der Waals surface area contributed by atoms with Gasteiger partial charge in [0.05, 0.1) is 16.4 Å². The molecule has 1 aromatic carbocycles. The number of pyridine rings is 1. The summed E-state index contributed by atoms with van der Waals surface area (Å²) in [5, 5.41) is 0.566. The summed E-state index contributed by atoms with van der Waals surface area (Å²) >= 11 is 5.95. The first-order chi connectivity index (χ1) is 7.16. The lowest BCUT2D eigenvalue weighted by atomic mass is 10.1. The monoisotopic (exact) mass is 218 g/mol. The van der Waals surface area contributed by atoms with E-state index in [0.29, 0.717) is 10.7 Å². The summed E-state index contributed by atoms with van der Waals surface area (Å²) in [4.78, 5) is 4.28.